The molecule has 2 nitrogen and oxygen atoms in total. The lowest BCUT2D eigenvalue weighted by Crippen LogP contribution is -2.07. The quantitative estimate of drug-likeness (QED) is 0.863. The number of rotatable bonds is 2. The Bertz CT molecular complexity index is 332. The van der Waals surface area contributed by atoms with Crippen molar-refractivity contribution in [1.82, 2.24) is 0 Å². The van der Waals surface area contributed by atoms with Gasteiger partial charge in [-0.25, -0.2) is 0 Å². The molecular formula is C10H10BrNO. The number of aliphatic hydroxyl groups excluding tert-OH is 1. The van der Waals surface area contributed by atoms with Crippen LogP contribution < -0.4 is 0 Å². The molecule has 0 aliphatic rings. The van der Waals surface area contributed by atoms with E-state index in [0.29, 0.717) is 0 Å². The lowest BCUT2D eigenvalue weighted by Gasteiger charge is -2.13. The summed E-state index contributed by atoms with van der Waals surface area (Å²) in [5.41, 5.74) is 0.761. The van der Waals surface area contributed by atoms with Crippen LogP contribution in [-0.4, -0.2) is 5.11 Å². The van der Waals surface area contributed by atoms with Gasteiger partial charge >= 0.3 is 0 Å². The first-order chi connectivity index (χ1) is 6.16. The van der Waals surface area contributed by atoms with E-state index in [4.69, 9.17) is 5.26 Å². The number of hydrogen-bond donors (Lipinski definition) is 1. The Kier molecular flexibility index (Phi) is 3.47. The number of hydrogen-bond acceptors (Lipinski definition) is 2. The molecule has 0 aromatic heterocycles. The van der Waals surface area contributed by atoms with Crippen molar-refractivity contribution < 1.29 is 5.11 Å². The zero-order chi connectivity index (χ0) is 9.84. The summed E-state index contributed by atoms with van der Waals surface area (Å²) in [6.45, 7) is 1.70. The molecule has 3 heteroatoms. The molecule has 0 saturated heterocycles. The highest BCUT2D eigenvalue weighted by molar-refractivity contribution is 9.10. The molecule has 0 heterocycles. The Hall–Kier alpha value is -0.850. The Morgan fingerprint density at radius 3 is 2.62 bits per heavy atom. The van der Waals surface area contributed by atoms with Crippen LogP contribution in [0.3, 0.4) is 0 Å². The molecule has 2 unspecified atom stereocenters. The van der Waals surface area contributed by atoms with E-state index in [2.05, 4.69) is 15.9 Å². The highest BCUT2D eigenvalue weighted by Crippen LogP contribution is 2.27. The number of halogens is 1. The smallest absolute Gasteiger partial charge is 0.0956 e. The van der Waals surface area contributed by atoms with E-state index in [1.807, 2.05) is 30.3 Å². The van der Waals surface area contributed by atoms with Crippen LogP contribution in [-0.2, 0) is 0 Å². The molecule has 1 rings (SSSR count). The van der Waals surface area contributed by atoms with E-state index in [1.165, 1.54) is 0 Å². The van der Waals surface area contributed by atoms with Crippen LogP contribution in [0.5, 0.6) is 0 Å². The van der Waals surface area contributed by atoms with Gasteiger partial charge in [-0.05, 0) is 18.6 Å². The minimum Gasteiger partial charge on any atom is -0.387 e. The van der Waals surface area contributed by atoms with Crippen LogP contribution in [0.1, 0.15) is 18.6 Å². The molecule has 0 amide bonds. The number of nitriles is 1. The summed E-state index contributed by atoms with van der Waals surface area (Å²) < 4.78 is 0.838. The fraction of sp³-hybridized carbons (Fsp3) is 0.300. The van der Waals surface area contributed by atoms with Gasteiger partial charge in [0.05, 0.1) is 18.1 Å². The molecule has 0 aliphatic carbocycles. The average molecular weight is 240 g/mol. The second kappa shape index (κ2) is 4.40. The molecule has 0 aliphatic heterocycles. The SMILES string of the molecule is CC(C#N)C(O)c1ccccc1Br. The van der Waals surface area contributed by atoms with Gasteiger partial charge in [-0.15, -0.1) is 0 Å². The Morgan fingerprint density at radius 1 is 1.46 bits per heavy atom. The summed E-state index contributed by atoms with van der Waals surface area (Å²) in [7, 11) is 0. The molecule has 0 saturated carbocycles. The first-order valence-electron chi connectivity index (χ1n) is 3.99. The fourth-order valence-corrected chi connectivity index (χ4v) is 1.57. The van der Waals surface area contributed by atoms with Crippen molar-refractivity contribution in [3.05, 3.63) is 34.3 Å². The van der Waals surface area contributed by atoms with E-state index in [9.17, 15) is 5.11 Å². The highest BCUT2D eigenvalue weighted by Gasteiger charge is 2.17. The normalized spacial score (nSPS) is 14.6. The van der Waals surface area contributed by atoms with Gasteiger partial charge in [0, 0.05) is 4.47 Å². The third kappa shape index (κ3) is 2.30. The van der Waals surface area contributed by atoms with Gasteiger partial charge in [0.1, 0.15) is 0 Å². The first kappa shape index (κ1) is 10.2. The highest BCUT2D eigenvalue weighted by atomic mass is 79.9. The third-order valence-corrected chi connectivity index (χ3v) is 2.62. The fourth-order valence-electron chi connectivity index (χ4n) is 1.05. The molecule has 0 bridgehead atoms. The topological polar surface area (TPSA) is 44.0 Å². The van der Waals surface area contributed by atoms with Gasteiger partial charge < -0.3 is 5.11 Å². The molecule has 1 N–H and O–H groups in total. The molecule has 0 fully saturated rings. The molecule has 0 spiro atoms. The maximum atomic E-state index is 9.72. The maximum absolute atomic E-state index is 9.72. The van der Waals surface area contributed by atoms with E-state index in [0.717, 1.165) is 10.0 Å². The lowest BCUT2D eigenvalue weighted by molar-refractivity contribution is 0.142. The van der Waals surface area contributed by atoms with Crippen molar-refractivity contribution in [1.29, 1.82) is 5.26 Å². The van der Waals surface area contributed by atoms with Crippen LogP contribution in [0, 0.1) is 17.2 Å². The first-order valence-corrected chi connectivity index (χ1v) is 4.78. The van der Waals surface area contributed by atoms with Crippen molar-refractivity contribution in [3.63, 3.8) is 0 Å². The van der Waals surface area contributed by atoms with Crippen molar-refractivity contribution >= 4 is 15.9 Å². The lowest BCUT2D eigenvalue weighted by atomic mass is 9.99. The van der Waals surface area contributed by atoms with Crippen LogP contribution in [0.25, 0.3) is 0 Å². The van der Waals surface area contributed by atoms with Crippen molar-refractivity contribution in [2.75, 3.05) is 0 Å². The van der Waals surface area contributed by atoms with E-state index in [1.54, 1.807) is 6.92 Å². The van der Waals surface area contributed by atoms with Gasteiger partial charge in [-0.3, -0.25) is 0 Å². The maximum Gasteiger partial charge on any atom is 0.0956 e. The molecule has 13 heavy (non-hydrogen) atoms. The number of nitrogens with zero attached hydrogens (tertiary/aromatic N) is 1. The molecule has 2 atom stereocenters. The summed E-state index contributed by atoms with van der Waals surface area (Å²) in [4.78, 5) is 0. The van der Waals surface area contributed by atoms with Gasteiger partial charge in [0.15, 0.2) is 0 Å². The summed E-state index contributed by atoms with van der Waals surface area (Å²) in [5, 5.41) is 18.3. The number of benzene rings is 1. The van der Waals surface area contributed by atoms with Crippen molar-refractivity contribution in [3.8, 4) is 6.07 Å². The van der Waals surface area contributed by atoms with Crippen LogP contribution in [0.2, 0.25) is 0 Å². The average Bonchev–Trinajstić information content (AvgIpc) is 2.16. The van der Waals surface area contributed by atoms with Crippen LogP contribution in [0.15, 0.2) is 28.7 Å². The Labute approximate surface area is 85.9 Å². The van der Waals surface area contributed by atoms with E-state index < -0.39 is 12.0 Å². The van der Waals surface area contributed by atoms with Gasteiger partial charge in [-0.1, -0.05) is 34.1 Å². The second-order valence-corrected chi connectivity index (χ2v) is 3.74. The summed E-state index contributed by atoms with van der Waals surface area (Å²) in [5.74, 6) is -0.390. The molecule has 1 aromatic carbocycles. The van der Waals surface area contributed by atoms with Crippen LogP contribution in [0.4, 0.5) is 0 Å². The molecule has 0 radical (unpaired) electrons. The summed E-state index contributed by atoms with van der Waals surface area (Å²) in [6.07, 6.45) is -0.722. The van der Waals surface area contributed by atoms with Gasteiger partial charge in [0.25, 0.3) is 0 Å². The van der Waals surface area contributed by atoms with Gasteiger partial charge in [-0.2, -0.15) is 5.26 Å². The molecular weight excluding hydrogens is 230 g/mol. The third-order valence-electron chi connectivity index (χ3n) is 1.90. The number of aliphatic hydroxyl groups is 1. The minimum absolute atomic E-state index is 0.390. The standard InChI is InChI=1S/C10H10BrNO/c1-7(6-12)10(13)8-4-2-3-5-9(8)11/h2-5,7,10,13H,1H3. The minimum atomic E-state index is -0.722. The predicted octanol–water partition coefficient (Wildman–Crippen LogP) is 2.64. The zero-order valence-corrected chi connectivity index (χ0v) is 8.82. The van der Waals surface area contributed by atoms with Crippen molar-refractivity contribution in [2.45, 2.75) is 13.0 Å². The second-order valence-electron chi connectivity index (χ2n) is 2.88. The predicted molar refractivity (Wildman–Crippen MR) is 53.9 cm³/mol. The Balaban J connectivity index is 2.96. The largest absolute Gasteiger partial charge is 0.387 e. The summed E-state index contributed by atoms with van der Waals surface area (Å²) >= 11 is 3.32. The van der Waals surface area contributed by atoms with E-state index in [-0.39, 0.29) is 0 Å². The monoisotopic (exact) mass is 239 g/mol. The molecule has 68 valence electrons. The molecule has 1 aromatic rings. The van der Waals surface area contributed by atoms with Gasteiger partial charge in [0.2, 0.25) is 0 Å². The van der Waals surface area contributed by atoms with E-state index >= 15 is 0 Å². The van der Waals surface area contributed by atoms with Crippen LogP contribution >= 0.6 is 15.9 Å². The summed E-state index contributed by atoms with van der Waals surface area (Å²) in [6, 6.07) is 9.39. The van der Waals surface area contributed by atoms with Crippen molar-refractivity contribution in [2.24, 2.45) is 5.92 Å². The Morgan fingerprint density at radius 2 is 2.08 bits per heavy atom. The zero-order valence-electron chi connectivity index (χ0n) is 7.24.